The molecule has 0 aliphatic carbocycles. The molecule has 2 N–H and O–H groups in total. The maximum atomic E-state index is 12.7. The first-order valence-electron chi connectivity index (χ1n) is 7.28. The second-order valence-electron chi connectivity index (χ2n) is 5.66. The van der Waals surface area contributed by atoms with E-state index in [9.17, 15) is 4.79 Å². The van der Waals surface area contributed by atoms with Crippen molar-refractivity contribution in [1.29, 1.82) is 0 Å². The monoisotopic (exact) mass is 284 g/mol. The number of likely N-dealkylation sites (tertiary alicyclic amines) is 1. The molecule has 0 saturated carbocycles. The van der Waals surface area contributed by atoms with Gasteiger partial charge in [-0.05, 0) is 44.0 Å². The van der Waals surface area contributed by atoms with Crippen molar-refractivity contribution in [3.05, 3.63) is 48.5 Å². The van der Waals surface area contributed by atoms with Gasteiger partial charge in [-0.3, -0.25) is 4.79 Å². The molecule has 0 radical (unpaired) electrons. The van der Waals surface area contributed by atoms with Gasteiger partial charge in [0.2, 0.25) is 0 Å². The number of amides is 1. The van der Waals surface area contributed by atoms with Crippen molar-refractivity contribution in [1.82, 2.24) is 14.5 Å². The Kier molecular flexibility index (Phi) is 3.75. The summed E-state index contributed by atoms with van der Waals surface area (Å²) in [7, 11) is 0. The standard InChI is InChI=1S/C16H20N4O/c1-12-7-13(9-17)10-20(12)16(21)14-3-2-4-15(8-14)19-6-5-18-11-19/h2-6,8,11-13H,7,9-10,17H2,1H3. The van der Waals surface area contributed by atoms with Gasteiger partial charge in [0, 0.05) is 36.2 Å². The van der Waals surface area contributed by atoms with Crippen LogP contribution in [0.5, 0.6) is 0 Å². The van der Waals surface area contributed by atoms with Crippen LogP contribution in [0.25, 0.3) is 5.69 Å². The molecule has 0 spiro atoms. The largest absolute Gasteiger partial charge is 0.336 e. The third-order valence-electron chi connectivity index (χ3n) is 4.15. The lowest BCUT2D eigenvalue weighted by molar-refractivity contribution is 0.0743. The van der Waals surface area contributed by atoms with Gasteiger partial charge in [-0.25, -0.2) is 4.98 Å². The quantitative estimate of drug-likeness (QED) is 0.932. The summed E-state index contributed by atoms with van der Waals surface area (Å²) in [6, 6.07) is 7.90. The highest BCUT2D eigenvalue weighted by Crippen LogP contribution is 2.24. The van der Waals surface area contributed by atoms with Gasteiger partial charge in [0.05, 0.1) is 6.33 Å². The molecule has 2 unspecified atom stereocenters. The molecule has 1 aliphatic rings. The Morgan fingerprint density at radius 3 is 3.00 bits per heavy atom. The lowest BCUT2D eigenvalue weighted by Crippen LogP contribution is -2.34. The molecule has 5 nitrogen and oxygen atoms in total. The first-order chi connectivity index (χ1) is 10.2. The van der Waals surface area contributed by atoms with Gasteiger partial charge >= 0.3 is 0 Å². The summed E-state index contributed by atoms with van der Waals surface area (Å²) in [6.45, 7) is 3.49. The molecule has 2 atom stereocenters. The smallest absolute Gasteiger partial charge is 0.254 e. The van der Waals surface area contributed by atoms with E-state index in [0.717, 1.165) is 18.7 Å². The van der Waals surface area contributed by atoms with Crippen molar-refractivity contribution in [2.24, 2.45) is 11.7 Å². The fourth-order valence-electron chi connectivity index (χ4n) is 2.97. The molecule has 1 aliphatic heterocycles. The molecule has 2 heterocycles. The summed E-state index contributed by atoms with van der Waals surface area (Å²) in [5, 5.41) is 0. The van der Waals surface area contributed by atoms with Crippen LogP contribution in [-0.4, -0.2) is 39.5 Å². The topological polar surface area (TPSA) is 64.2 Å². The van der Waals surface area contributed by atoms with E-state index in [-0.39, 0.29) is 11.9 Å². The first-order valence-corrected chi connectivity index (χ1v) is 7.28. The highest BCUT2D eigenvalue weighted by atomic mass is 16.2. The third kappa shape index (κ3) is 2.69. The zero-order valence-electron chi connectivity index (χ0n) is 12.1. The van der Waals surface area contributed by atoms with Gasteiger partial charge in [0.1, 0.15) is 0 Å². The number of hydrogen-bond acceptors (Lipinski definition) is 3. The molecule has 0 bridgehead atoms. The summed E-state index contributed by atoms with van der Waals surface area (Å²) < 4.78 is 1.90. The van der Waals surface area contributed by atoms with Gasteiger partial charge < -0.3 is 15.2 Å². The number of rotatable bonds is 3. The molecule has 110 valence electrons. The van der Waals surface area contributed by atoms with Crippen LogP contribution in [0, 0.1) is 5.92 Å². The van der Waals surface area contributed by atoms with Crippen molar-refractivity contribution in [2.45, 2.75) is 19.4 Å². The van der Waals surface area contributed by atoms with Crippen LogP contribution in [0.3, 0.4) is 0 Å². The summed E-state index contributed by atoms with van der Waals surface area (Å²) in [6.07, 6.45) is 6.31. The summed E-state index contributed by atoms with van der Waals surface area (Å²) >= 11 is 0. The van der Waals surface area contributed by atoms with Crippen LogP contribution in [0.1, 0.15) is 23.7 Å². The van der Waals surface area contributed by atoms with E-state index >= 15 is 0 Å². The minimum absolute atomic E-state index is 0.0837. The van der Waals surface area contributed by atoms with Crippen molar-refractivity contribution in [2.75, 3.05) is 13.1 Å². The molecule has 3 rings (SSSR count). The number of benzene rings is 1. The van der Waals surface area contributed by atoms with Gasteiger partial charge in [0.25, 0.3) is 5.91 Å². The van der Waals surface area contributed by atoms with Crippen LogP contribution in [0.4, 0.5) is 0 Å². The number of hydrogen-bond donors (Lipinski definition) is 1. The van der Waals surface area contributed by atoms with E-state index < -0.39 is 0 Å². The van der Waals surface area contributed by atoms with E-state index in [1.54, 1.807) is 12.5 Å². The molecule has 1 fully saturated rings. The number of carbonyl (C=O) groups excluding carboxylic acids is 1. The molecule has 5 heteroatoms. The Labute approximate surface area is 124 Å². The Bertz CT molecular complexity index is 623. The maximum Gasteiger partial charge on any atom is 0.254 e. The third-order valence-corrected chi connectivity index (χ3v) is 4.15. The summed E-state index contributed by atoms with van der Waals surface area (Å²) in [5.74, 6) is 0.501. The average molecular weight is 284 g/mol. The van der Waals surface area contributed by atoms with Crippen LogP contribution >= 0.6 is 0 Å². The molecular formula is C16H20N4O. The lowest BCUT2D eigenvalue weighted by atomic mass is 10.1. The van der Waals surface area contributed by atoms with E-state index in [0.29, 0.717) is 18.0 Å². The zero-order chi connectivity index (χ0) is 14.8. The predicted molar refractivity (Wildman–Crippen MR) is 81.2 cm³/mol. The van der Waals surface area contributed by atoms with Crippen molar-refractivity contribution in [3.63, 3.8) is 0 Å². The molecule has 1 saturated heterocycles. The SMILES string of the molecule is CC1CC(CN)CN1C(=O)c1cccc(-n2ccnc2)c1. The maximum absolute atomic E-state index is 12.7. The van der Waals surface area contributed by atoms with Gasteiger partial charge in [-0.2, -0.15) is 0 Å². The average Bonchev–Trinajstić information content (AvgIpc) is 3.16. The second kappa shape index (κ2) is 5.69. The highest BCUT2D eigenvalue weighted by Gasteiger charge is 2.32. The number of aromatic nitrogens is 2. The molecule has 2 aromatic rings. The van der Waals surface area contributed by atoms with Crippen LogP contribution < -0.4 is 5.73 Å². The van der Waals surface area contributed by atoms with Crippen molar-refractivity contribution < 1.29 is 4.79 Å². The van der Waals surface area contributed by atoms with Gasteiger partial charge in [0.15, 0.2) is 0 Å². The van der Waals surface area contributed by atoms with E-state index in [1.165, 1.54) is 0 Å². The van der Waals surface area contributed by atoms with Gasteiger partial charge in [-0.15, -0.1) is 0 Å². The second-order valence-corrected chi connectivity index (χ2v) is 5.66. The molecule has 1 amide bonds. The van der Waals surface area contributed by atoms with Crippen LogP contribution in [0.15, 0.2) is 43.0 Å². The van der Waals surface area contributed by atoms with E-state index in [4.69, 9.17) is 5.73 Å². The molecular weight excluding hydrogens is 264 g/mol. The normalized spacial score (nSPS) is 21.7. The molecule has 1 aromatic heterocycles. The number of imidazole rings is 1. The molecule has 1 aromatic carbocycles. The Hall–Kier alpha value is -2.14. The number of carbonyl (C=O) groups is 1. The highest BCUT2D eigenvalue weighted by molar-refractivity contribution is 5.95. The first kappa shape index (κ1) is 13.8. The van der Waals surface area contributed by atoms with E-state index in [1.807, 2.05) is 39.9 Å². The number of nitrogens with two attached hydrogens (primary N) is 1. The summed E-state index contributed by atoms with van der Waals surface area (Å²) in [4.78, 5) is 18.7. The van der Waals surface area contributed by atoms with Crippen LogP contribution in [0.2, 0.25) is 0 Å². The van der Waals surface area contributed by atoms with Crippen LogP contribution in [-0.2, 0) is 0 Å². The fourth-order valence-corrected chi connectivity index (χ4v) is 2.97. The van der Waals surface area contributed by atoms with Crippen molar-refractivity contribution >= 4 is 5.91 Å². The Morgan fingerprint density at radius 1 is 1.48 bits per heavy atom. The number of nitrogens with zero attached hydrogens (tertiary/aromatic N) is 3. The minimum atomic E-state index is 0.0837. The van der Waals surface area contributed by atoms with Crippen molar-refractivity contribution in [3.8, 4) is 5.69 Å². The fraction of sp³-hybridized carbons (Fsp3) is 0.375. The molecule has 21 heavy (non-hydrogen) atoms. The zero-order valence-corrected chi connectivity index (χ0v) is 12.1. The Balaban J connectivity index is 1.84. The predicted octanol–water partition coefficient (Wildman–Crippen LogP) is 1.68. The minimum Gasteiger partial charge on any atom is -0.336 e. The van der Waals surface area contributed by atoms with Gasteiger partial charge in [-0.1, -0.05) is 6.07 Å². The van der Waals surface area contributed by atoms with E-state index in [2.05, 4.69) is 11.9 Å². The Morgan fingerprint density at radius 2 is 2.33 bits per heavy atom. The summed E-state index contributed by atoms with van der Waals surface area (Å²) in [5.41, 5.74) is 7.40. The lowest BCUT2D eigenvalue weighted by Gasteiger charge is -2.22.